The van der Waals surface area contributed by atoms with Crippen LogP contribution in [0.1, 0.15) is 10.5 Å². The van der Waals surface area contributed by atoms with E-state index in [2.05, 4.69) is 20.7 Å². The van der Waals surface area contributed by atoms with Crippen LogP contribution in [0.3, 0.4) is 0 Å². The van der Waals surface area contributed by atoms with Gasteiger partial charge in [0.1, 0.15) is 5.69 Å². The molecule has 0 aliphatic heterocycles. The lowest BCUT2D eigenvalue weighted by Crippen LogP contribution is -2.13. The molecule has 2 aromatic rings. The van der Waals surface area contributed by atoms with Gasteiger partial charge in [-0.25, -0.2) is 0 Å². The zero-order valence-corrected chi connectivity index (χ0v) is 8.95. The highest BCUT2D eigenvalue weighted by Gasteiger charge is 2.18. The molecule has 0 spiro atoms. The topological polar surface area (TPSA) is 140 Å². The first-order chi connectivity index (χ1) is 8.59. The second-order valence-electron chi connectivity index (χ2n) is 3.28. The molecule has 0 fully saturated rings. The van der Waals surface area contributed by atoms with E-state index in [9.17, 15) is 14.9 Å². The number of amides is 1. The van der Waals surface area contributed by atoms with Crippen LogP contribution in [0.4, 0.5) is 17.2 Å². The number of nitro benzene ring substituents is 1. The molecule has 4 N–H and O–H groups in total. The van der Waals surface area contributed by atoms with Crippen LogP contribution in [0.5, 0.6) is 0 Å². The van der Waals surface area contributed by atoms with Gasteiger partial charge in [0.25, 0.3) is 11.6 Å². The van der Waals surface area contributed by atoms with Crippen LogP contribution in [-0.2, 0) is 0 Å². The van der Waals surface area contributed by atoms with Crippen molar-refractivity contribution in [3.63, 3.8) is 0 Å². The molecule has 18 heavy (non-hydrogen) atoms. The van der Waals surface area contributed by atoms with E-state index in [1.807, 2.05) is 0 Å². The third-order valence-electron chi connectivity index (χ3n) is 2.14. The number of carbonyl (C=O) groups excluding carboxylic acids is 1. The minimum absolute atomic E-state index is 0.0387. The molecule has 1 aromatic heterocycles. The number of rotatable bonds is 4. The molecule has 0 radical (unpaired) electrons. The van der Waals surface area contributed by atoms with Crippen LogP contribution in [0.2, 0.25) is 0 Å². The molecule has 2 rings (SSSR count). The maximum atomic E-state index is 11.0. The van der Waals surface area contributed by atoms with E-state index in [1.54, 1.807) is 6.07 Å². The van der Waals surface area contributed by atoms with Gasteiger partial charge in [-0.05, 0) is 6.07 Å². The van der Waals surface area contributed by atoms with Crippen molar-refractivity contribution < 1.29 is 9.72 Å². The third kappa shape index (κ3) is 2.09. The normalized spacial score (nSPS) is 10.0. The van der Waals surface area contributed by atoms with E-state index >= 15 is 0 Å². The van der Waals surface area contributed by atoms with Crippen molar-refractivity contribution in [1.29, 1.82) is 0 Å². The Morgan fingerprint density at radius 3 is 2.78 bits per heavy atom. The summed E-state index contributed by atoms with van der Waals surface area (Å²) in [6.07, 6.45) is 0. The van der Waals surface area contributed by atoms with Crippen LogP contribution in [0.15, 0.2) is 24.3 Å². The van der Waals surface area contributed by atoms with Crippen molar-refractivity contribution in [2.75, 3.05) is 5.32 Å². The summed E-state index contributed by atoms with van der Waals surface area (Å²) >= 11 is 0. The van der Waals surface area contributed by atoms with Gasteiger partial charge in [0, 0.05) is 6.07 Å². The molecule has 1 heterocycles. The number of hydrogen-bond acceptors (Lipinski definition) is 6. The summed E-state index contributed by atoms with van der Waals surface area (Å²) in [5.41, 5.74) is 5.01. The highest BCUT2D eigenvalue weighted by Crippen LogP contribution is 2.26. The summed E-state index contributed by atoms with van der Waals surface area (Å²) in [5, 5.41) is 22.9. The molecule has 0 saturated heterocycles. The Balaban J connectivity index is 2.37. The highest BCUT2D eigenvalue weighted by molar-refractivity contribution is 5.96. The van der Waals surface area contributed by atoms with Gasteiger partial charge in [0.2, 0.25) is 0 Å². The number of primary amides is 1. The standard InChI is InChI=1S/C9H8N6O3/c10-8(16)7-9(13-14-12-7)11-5-3-1-2-4-6(5)15(17)18/h1-4H,(H2,10,16)(H2,11,12,13,14). The summed E-state index contributed by atoms with van der Waals surface area (Å²) in [6.45, 7) is 0. The summed E-state index contributed by atoms with van der Waals surface area (Å²) in [5.74, 6) is -0.748. The van der Waals surface area contributed by atoms with E-state index in [0.717, 1.165) is 0 Å². The predicted octanol–water partition coefficient (Wildman–Crippen LogP) is 0.555. The summed E-state index contributed by atoms with van der Waals surface area (Å²) in [4.78, 5) is 21.3. The minimum Gasteiger partial charge on any atom is -0.364 e. The molecule has 0 bridgehead atoms. The fourth-order valence-electron chi connectivity index (χ4n) is 1.36. The molecular weight excluding hydrogens is 240 g/mol. The lowest BCUT2D eigenvalue weighted by atomic mass is 10.2. The number of nitrogens with one attached hydrogen (secondary N) is 2. The number of anilines is 2. The molecule has 0 aliphatic carbocycles. The first-order valence-corrected chi connectivity index (χ1v) is 4.80. The zero-order valence-electron chi connectivity index (χ0n) is 8.95. The van der Waals surface area contributed by atoms with E-state index in [1.165, 1.54) is 18.2 Å². The van der Waals surface area contributed by atoms with E-state index in [4.69, 9.17) is 5.73 Å². The Labute approximate surface area is 100 Å². The fourth-order valence-corrected chi connectivity index (χ4v) is 1.36. The van der Waals surface area contributed by atoms with Gasteiger partial charge >= 0.3 is 0 Å². The van der Waals surface area contributed by atoms with Crippen LogP contribution in [-0.4, -0.2) is 26.2 Å². The predicted molar refractivity (Wildman–Crippen MR) is 61.3 cm³/mol. The minimum atomic E-state index is -0.787. The Bertz CT molecular complexity index is 608. The van der Waals surface area contributed by atoms with E-state index in [-0.39, 0.29) is 22.9 Å². The molecule has 0 unspecified atom stereocenters. The molecule has 0 atom stereocenters. The molecule has 0 saturated carbocycles. The van der Waals surface area contributed by atoms with Gasteiger partial charge in [0.15, 0.2) is 11.5 Å². The lowest BCUT2D eigenvalue weighted by Gasteiger charge is -2.03. The number of benzene rings is 1. The number of nitro groups is 1. The second kappa shape index (κ2) is 4.49. The van der Waals surface area contributed by atoms with Gasteiger partial charge in [0.05, 0.1) is 4.92 Å². The smallest absolute Gasteiger partial charge is 0.292 e. The fraction of sp³-hybridized carbons (Fsp3) is 0. The van der Waals surface area contributed by atoms with Crippen molar-refractivity contribution in [2.24, 2.45) is 5.73 Å². The third-order valence-corrected chi connectivity index (χ3v) is 2.14. The number of carbonyl (C=O) groups is 1. The maximum Gasteiger partial charge on any atom is 0.292 e. The van der Waals surface area contributed by atoms with Gasteiger partial charge in [-0.3, -0.25) is 14.9 Å². The zero-order chi connectivity index (χ0) is 13.1. The van der Waals surface area contributed by atoms with Crippen LogP contribution in [0.25, 0.3) is 0 Å². The molecule has 1 aromatic carbocycles. The molecule has 92 valence electrons. The van der Waals surface area contributed by atoms with Gasteiger partial charge in [-0.15, -0.1) is 10.2 Å². The Kier molecular flexibility index (Phi) is 2.87. The van der Waals surface area contributed by atoms with Gasteiger partial charge in [-0.2, -0.15) is 5.21 Å². The number of nitrogens with zero attached hydrogens (tertiary/aromatic N) is 3. The van der Waals surface area contributed by atoms with Crippen molar-refractivity contribution in [1.82, 2.24) is 15.4 Å². The Morgan fingerprint density at radius 2 is 2.11 bits per heavy atom. The summed E-state index contributed by atoms with van der Waals surface area (Å²) < 4.78 is 0. The Morgan fingerprint density at radius 1 is 1.39 bits per heavy atom. The van der Waals surface area contributed by atoms with Crippen LogP contribution >= 0.6 is 0 Å². The molecule has 0 aliphatic rings. The second-order valence-corrected chi connectivity index (χ2v) is 3.28. The maximum absolute atomic E-state index is 11.0. The van der Waals surface area contributed by atoms with Crippen LogP contribution < -0.4 is 11.1 Å². The number of hydrogen-bond donors (Lipinski definition) is 3. The molecular formula is C9H8N6O3. The lowest BCUT2D eigenvalue weighted by molar-refractivity contribution is -0.383. The van der Waals surface area contributed by atoms with Crippen molar-refractivity contribution in [3.05, 3.63) is 40.1 Å². The quantitative estimate of drug-likeness (QED) is 0.533. The molecule has 9 nitrogen and oxygen atoms in total. The number of para-hydroxylation sites is 2. The average Bonchev–Trinajstić information content (AvgIpc) is 2.77. The largest absolute Gasteiger partial charge is 0.364 e. The summed E-state index contributed by atoms with van der Waals surface area (Å²) in [6, 6.07) is 5.95. The first kappa shape index (κ1) is 11.5. The number of nitrogens with two attached hydrogens (primary N) is 1. The van der Waals surface area contributed by atoms with Crippen molar-refractivity contribution >= 4 is 23.1 Å². The summed E-state index contributed by atoms with van der Waals surface area (Å²) in [7, 11) is 0. The molecule has 1 amide bonds. The highest BCUT2D eigenvalue weighted by atomic mass is 16.6. The SMILES string of the molecule is NC(=O)c1n[nH]nc1Nc1ccccc1[N+](=O)[O-]. The first-order valence-electron chi connectivity index (χ1n) is 4.80. The van der Waals surface area contributed by atoms with E-state index in [0.29, 0.717) is 0 Å². The number of H-pyrrole nitrogens is 1. The van der Waals surface area contributed by atoms with Crippen molar-refractivity contribution in [3.8, 4) is 0 Å². The number of aromatic nitrogens is 3. The van der Waals surface area contributed by atoms with Gasteiger partial charge < -0.3 is 11.1 Å². The van der Waals surface area contributed by atoms with Gasteiger partial charge in [-0.1, -0.05) is 12.1 Å². The molecule has 9 heteroatoms. The van der Waals surface area contributed by atoms with Crippen LogP contribution in [0, 0.1) is 10.1 Å². The van der Waals surface area contributed by atoms with E-state index < -0.39 is 10.8 Å². The van der Waals surface area contributed by atoms with Crippen molar-refractivity contribution in [2.45, 2.75) is 0 Å². The number of aromatic amines is 1. The Hall–Kier alpha value is -2.97. The monoisotopic (exact) mass is 248 g/mol. The average molecular weight is 248 g/mol.